The lowest BCUT2D eigenvalue weighted by molar-refractivity contribution is -0.141. The molecule has 2 aliphatic rings. The van der Waals surface area contributed by atoms with Crippen LogP contribution in [0.4, 0.5) is 4.79 Å². The van der Waals surface area contributed by atoms with E-state index in [1.165, 1.54) is 4.90 Å². The third-order valence-electron chi connectivity index (χ3n) is 4.47. The first-order valence-electron chi connectivity index (χ1n) is 7.19. The van der Waals surface area contributed by atoms with Crippen LogP contribution in [0.3, 0.4) is 0 Å². The Morgan fingerprint density at radius 2 is 1.84 bits per heavy atom. The number of likely N-dealkylation sites (tertiary alicyclic amines) is 1. The molecule has 0 aromatic carbocycles. The predicted molar refractivity (Wildman–Crippen MR) is 71.9 cm³/mol. The zero-order valence-electron chi connectivity index (χ0n) is 11.8. The molecular weight excluding hydrogens is 244 g/mol. The summed E-state index contributed by atoms with van der Waals surface area (Å²) in [7, 11) is 0. The summed E-state index contributed by atoms with van der Waals surface area (Å²) in [5.74, 6) is -0.891. The van der Waals surface area contributed by atoms with Gasteiger partial charge in [0, 0.05) is 12.6 Å². The molecule has 0 radical (unpaired) electrons. The second kappa shape index (κ2) is 5.39. The molecule has 2 fully saturated rings. The van der Waals surface area contributed by atoms with E-state index in [-0.39, 0.29) is 12.1 Å². The van der Waals surface area contributed by atoms with Gasteiger partial charge in [-0.25, -0.2) is 9.59 Å². The van der Waals surface area contributed by atoms with Gasteiger partial charge in [-0.1, -0.05) is 13.8 Å². The predicted octanol–water partition coefficient (Wildman–Crippen LogP) is 2.21. The first-order valence-corrected chi connectivity index (χ1v) is 7.19. The number of urea groups is 1. The van der Waals surface area contributed by atoms with Crippen molar-refractivity contribution in [2.45, 2.75) is 64.5 Å². The number of amides is 2. The van der Waals surface area contributed by atoms with Gasteiger partial charge >= 0.3 is 12.0 Å². The fraction of sp³-hybridized carbons (Fsp3) is 0.857. The fourth-order valence-electron chi connectivity index (χ4n) is 3.07. The van der Waals surface area contributed by atoms with E-state index in [9.17, 15) is 9.59 Å². The maximum absolute atomic E-state index is 12.1. The lowest BCUT2D eigenvalue weighted by atomic mass is 9.75. The highest BCUT2D eigenvalue weighted by Gasteiger charge is 2.35. The van der Waals surface area contributed by atoms with Crippen LogP contribution in [0.5, 0.6) is 0 Å². The highest BCUT2D eigenvalue weighted by Crippen LogP contribution is 2.35. The topological polar surface area (TPSA) is 69.6 Å². The van der Waals surface area contributed by atoms with E-state index in [1.54, 1.807) is 0 Å². The maximum atomic E-state index is 12.1. The van der Waals surface area contributed by atoms with Crippen molar-refractivity contribution < 1.29 is 14.7 Å². The van der Waals surface area contributed by atoms with Gasteiger partial charge in [-0.15, -0.1) is 0 Å². The maximum Gasteiger partial charge on any atom is 0.326 e. The van der Waals surface area contributed by atoms with Crippen molar-refractivity contribution in [1.82, 2.24) is 10.2 Å². The molecule has 2 rings (SSSR count). The molecule has 0 spiro atoms. The molecule has 1 aliphatic heterocycles. The van der Waals surface area contributed by atoms with Crippen LogP contribution in [-0.4, -0.2) is 40.6 Å². The van der Waals surface area contributed by atoms with Gasteiger partial charge in [0.2, 0.25) is 0 Å². The number of carbonyl (C=O) groups excluding carboxylic acids is 1. The van der Waals surface area contributed by atoms with E-state index in [1.807, 2.05) is 0 Å². The second-order valence-electron chi connectivity index (χ2n) is 6.58. The zero-order chi connectivity index (χ0) is 14.0. The number of nitrogens with one attached hydrogen (secondary N) is 1. The molecule has 0 bridgehead atoms. The number of nitrogens with zero attached hydrogens (tertiary/aromatic N) is 1. The SMILES string of the molecule is CC1(C)CCC(NC(=O)N2CCCC2C(=O)O)CC1. The van der Waals surface area contributed by atoms with Crippen molar-refractivity contribution in [3.63, 3.8) is 0 Å². The van der Waals surface area contributed by atoms with E-state index in [0.29, 0.717) is 18.4 Å². The van der Waals surface area contributed by atoms with Crippen LogP contribution in [0.25, 0.3) is 0 Å². The lowest BCUT2D eigenvalue weighted by Gasteiger charge is -2.35. The number of carboxylic acid groups (broad SMARTS) is 1. The minimum Gasteiger partial charge on any atom is -0.480 e. The number of hydrogen-bond donors (Lipinski definition) is 2. The molecule has 5 nitrogen and oxygen atoms in total. The normalized spacial score (nSPS) is 27.3. The molecule has 2 amide bonds. The molecule has 0 aromatic rings. The number of rotatable bonds is 2. The van der Waals surface area contributed by atoms with Gasteiger partial charge < -0.3 is 15.3 Å². The van der Waals surface area contributed by atoms with Crippen molar-refractivity contribution in [2.24, 2.45) is 5.41 Å². The largest absolute Gasteiger partial charge is 0.480 e. The van der Waals surface area contributed by atoms with Crippen molar-refractivity contribution in [2.75, 3.05) is 6.54 Å². The molecule has 19 heavy (non-hydrogen) atoms. The molecule has 108 valence electrons. The van der Waals surface area contributed by atoms with Crippen molar-refractivity contribution >= 4 is 12.0 Å². The van der Waals surface area contributed by atoms with Gasteiger partial charge in [0.1, 0.15) is 6.04 Å². The van der Waals surface area contributed by atoms with Gasteiger partial charge in [0.05, 0.1) is 0 Å². The highest BCUT2D eigenvalue weighted by atomic mass is 16.4. The smallest absolute Gasteiger partial charge is 0.326 e. The Labute approximate surface area is 114 Å². The molecule has 1 heterocycles. The average Bonchev–Trinajstić information content (AvgIpc) is 2.81. The van der Waals surface area contributed by atoms with Crippen molar-refractivity contribution in [1.29, 1.82) is 0 Å². The van der Waals surface area contributed by atoms with E-state index in [4.69, 9.17) is 5.11 Å². The van der Waals surface area contributed by atoms with Crippen LogP contribution in [-0.2, 0) is 4.79 Å². The average molecular weight is 268 g/mol. The monoisotopic (exact) mass is 268 g/mol. The minimum atomic E-state index is -0.891. The Hall–Kier alpha value is -1.26. The van der Waals surface area contributed by atoms with E-state index in [2.05, 4.69) is 19.2 Å². The third-order valence-corrected chi connectivity index (χ3v) is 4.47. The summed E-state index contributed by atoms with van der Waals surface area (Å²) >= 11 is 0. The number of carbonyl (C=O) groups is 2. The van der Waals surface area contributed by atoms with Crippen LogP contribution >= 0.6 is 0 Å². The second-order valence-corrected chi connectivity index (χ2v) is 6.58. The van der Waals surface area contributed by atoms with Gasteiger partial charge in [-0.05, 0) is 43.9 Å². The third kappa shape index (κ3) is 3.39. The molecule has 1 aliphatic carbocycles. The van der Waals surface area contributed by atoms with E-state index < -0.39 is 12.0 Å². The van der Waals surface area contributed by atoms with E-state index in [0.717, 1.165) is 32.1 Å². The van der Waals surface area contributed by atoms with Crippen LogP contribution < -0.4 is 5.32 Å². The first kappa shape index (κ1) is 14.2. The Bertz CT molecular complexity index is 358. The van der Waals surface area contributed by atoms with Gasteiger partial charge in [0.15, 0.2) is 0 Å². The summed E-state index contributed by atoms with van der Waals surface area (Å²) in [5, 5.41) is 12.1. The number of carboxylic acids is 1. The van der Waals surface area contributed by atoms with Crippen molar-refractivity contribution in [3.05, 3.63) is 0 Å². The van der Waals surface area contributed by atoms with E-state index >= 15 is 0 Å². The Morgan fingerprint density at radius 1 is 1.21 bits per heavy atom. The molecule has 1 saturated heterocycles. The van der Waals surface area contributed by atoms with Crippen LogP contribution in [0, 0.1) is 5.41 Å². The lowest BCUT2D eigenvalue weighted by Crippen LogP contribution is -2.50. The number of aliphatic carboxylic acids is 1. The summed E-state index contributed by atoms with van der Waals surface area (Å²) in [4.78, 5) is 24.7. The zero-order valence-corrected chi connectivity index (χ0v) is 11.8. The van der Waals surface area contributed by atoms with Gasteiger partial charge in [-0.3, -0.25) is 0 Å². The van der Waals surface area contributed by atoms with Gasteiger partial charge in [-0.2, -0.15) is 0 Å². The molecule has 1 saturated carbocycles. The Kier molecular flexibility index (Phi) is 4.02. The minimum absolute atomic E-state index is 0.199. The van der Waals surface area contributed by atoms with Crippen LogP contribution in [0.2, 0.25) is 0 Å². The summed E-state index contributed by atoms with van der Waals surface area (Å²) < 4.78 is 0. The Balaban J connectivity index is 1.86. The fourth-order valence-corrected chi connectivity index (χ4v) is 3.07. The van der Waals surface area contributed by atoms with Crippen LogP contribution in [0.1, 0.15) is 52.4 Å². The summed E-state index contributed by atoms with van der Waals surface area (Å²) in [6.45, 7) is 5.07. The summed E-state index contributed by atoms with van der Waals surface area (Å²) in [6.07, 6.45) is 5.55. The quantitative estimate of drug-likeness (QED) is 0.806. The molecule has 0 aromatic heterocycles. The van der Waals surface area contributed by atoms with Gasteiger partial charge in [0.25, 0.3) is 0 Å². The highest BCUT2D eigenvalue weighted by molar-refractivity contribution is 5.83. The number of hydrogen-bond acceptors (Lipinski definition) is 2. The molecular formula is C14H24N2O3. The summed E-state index contributed by atoms with van der Waals surface area (Å²) in [6, 6.07) is -0.634. The summed E-state index contributed by atoms with van der Waals surface area (Å²) in [5.41, 5.74) is 0.373. The standard InChI is InChI=1S/C14H24N2O3/c1-14(2)7-5-10(6-8-14)15-13(19)16-9-3-4-11(16)12(17)18/h10-11H,3-9H2,1-2H3,(H,15,19)(H,17,18). The molecule has 1 unspecified atom stereocenters. The molecule has 1 atom stereocenters. The Morgan fingerprint density at radius 3 is 2.42 bits per heavy atom. The molecule has 5 heteroatoms. The van der Waals surface area contributed by atoms with Crippen molar-refractivity contribution in [3.8, 4) is 0 Å². The molecule has 2 N–H and O–H groups in total. The first-order chi connectivity index (χ1) is 8.89. The van der Waals surface area contributed by atoms with Crippen LogP contribution in [0.15, 0.2) is 0 Å².